The van der Waals surface area contributed by atoms with Gasteiger partial charge in [0.05, 0.1) is 0 Å². The fraction of sp³-hybridized carbons (Fsp3) is 0.583. The zero-order valence-corrected chi connectivity index (χ0v) is 9.63. The summed E-state index contributed by atoms with van der Waals surface area (Å²) in [5.41, 5.74) is 0.420. The Balaban J connectivity index is 1.72. The maximum atomic E-state index is 8.80. The van der Waals surface area contributed by atoms with Crippen LogP contribution >= 0.6 is 0 Å². The van der Waals surface area contributed by atoms with Gasteiger partial charge in [-0.15, -0.1) is 0 Å². The Morgan fingerprint density at radius 2 is 2.35 bits per heavy atom. The molecule has 0 radical (unpaired) electrons. The van der Waals surface area contributed by atoms with Crippen molar-refractivity contribution in [1.29, 1.82) is 5.26 Å². The van der Waals surface area contributed by atoms with E-state index in [9.17, 15) is 0 Å². The van der Waals surface area contributed by atoms with Crippen molar-refractivity contribution >= 4 is 5.95 Å². The molecule has 0 amide bonds. The van der Waals surface area contributed by atoms with Crippen LogP contribution in [0.2, 0.25) is 0 Å². The van der Waals surface area contributed by atoms with E-state index in [0.717, 1.165) is 6.42 Å². The van der Waals surface area contributed by atoms with Crippen LogP contribution in [-0.2, 0) is 0 Å². The third-order valence-corrected chi connectivity index (χ3v) is 3.69. The van der Waals surface area contributed by atoms with Crippen molar-refractivity contribution in [1.82, 2.24) is 14.9 Å². The van der Waals surface area contributed by atoms with Gasteiger partial charge in [-0.05, 0) is 31.9 Å². The molecule has 0 saturated carbocycles. The zero-order valence-electron chi connectivity index (χ0n) is 9.63. The molecule has 1 aromatic rings. The highest BCUT2D eigenvalue weighted by Crippen LogP contribution is 2.29. The number of rotatable bonds is 2. The van der Waals surface area contributed by atoms with Crippen LogP contribution in [0.1, 0.15) is 25.0 Å². The van der Waals surface area contributed by atoms with Crippen LogP contribution in [0, 0.1) is 11.3 Å². The molecule has 0 spiro atoms. The van der Waals surface area contributed by atoms with Gasteiger partial charge >= 0.3 is 0 Å². The zero-order chi connectivity index (χ0) is 11.7. The number of anilines is 1. The maximum Gasteiger partial charge on any atom is 0.224 e. The first kappa shape index (κ1) is 10.5. The van der Waals surface area contributed by atoms with Crippen molar-refractivity contribution < 1.29 is 0 Å². The van der Waals surface area contributed by atoms with Crippen LogP contribution < -0.4 is 5.32 Å². The summed E-state index contributed by atoms with van der Waals surface area (Å²) >= 11 is 0. The summed E-state index contributed by atoms with van der Waals surface area (Å²) in [6.07, 6.45) is 5.33. The Labute approximate surface area is 100 Å². The van der Waals surface area contributed by atoms with Gasteiger partial charge in [-0.3, -0.25) is 4.90 Å². The van der Waals surface area contributed by atoms with Crippen LogP contribution in [0.5, 0.6) is 0 Å². The van der Waals surface area contributed by atoms with E-state index in [1.165, 1.54) is 25.9 Å². The molecule has 2 fully saturated rings. The largest absolute Gasteiger partial charge is 0.350 e. The van der Waals surface area contributed by atoms with Crippen molar-refractivity contribution in [2.45, 2.75) is 31.3 Å². The molecule has 2 atom stereocenters. The first-order chi connectivity index (χ1) is 8.36. The van der Waals surface area contributed by atoms with E-state index in [-0.39, 0.29) is 0 Å². The summed E-state index contributed by atoms with van der Waals surface area (Å²) < 4.78 is 0. The van der Waals surface area contributed by atoms with Gasteiger partial charge in [-0.2, -0.15) is 5.26 Å². The first-order valence-electron chi connectivity index (χ1n) is 6.10. The number of nitrogens with one attached hydrogen (secondary N) is 1. The molecule has 2 unspecified atom stereocenters. The number of nitriles is 1. The minimum atomic E-state index is 0.420. The molecule has 1 N–H and O–H groups in total. The lowest BCUT2D eigenvalue weighted by Crippen LogP contribution is -2.34. The van der Waals surface area contributed by atoms with Gasteiger partial charge in [0.15, 0.2) is 0 Å². The van der Waals surface area contributed by atoms with E-state index in [1.807, 2.05) is 6.07 Å². The standard InChI is InChI=1S/C12H15N5/c13-8-9-3-5-14-12(15-9)16-10-4-7-17-6-1-2-11(10)17/h3,5,10-11H,1-2,4,6-7H2,(H,14,15,16). The molecule has 2 saturated heterocycles. The lowest BCUT2D eigenvalue weighted by molar-refractivity contribution is 0.318. The average molecular weight is 229 g/mol. The number of nitrogens with zero attached hydrogens (tertiary/aromatic N) is 4. The highest BCUT2D eigenvalue weighted by molar-refractivity contribution is 5.32. The second-order valence-corrected chi connectivity index (χ2v) is 4.66. The first-order valence-corrected chi connectivity index (χ1v) is 6.10. The van der Waals surface area contributed by atoms with Gasteiger partial charge in [-0.25, -0.2) is 9.97 Å². The molecule has 2 aliphatic rings. The predicted octanol–water partition coefficient (Wildman–Crippen LogP) is 0.997. The van der Waals surface area contributed by atoms with Crippen LogP contribution in [0.25, 0.3) is 0 Å². The molecule has 1 aromatic heterocycles. The minimum Gasteiger partial charge on any atom is -0.350 e. The van der Waals surface area contributed by atoms with Gasteiger partial charge in [0, 0.05) is 24.8 Å². The third kappa shape index (κ3) is 1.96. The molecular weight excluding hydrogens is 214 g/mol. The molecule has 88 valence electrons. The molecule has 17 heavy (non-hydrogen) atoms. The average Bonchev–Trinajstić information content (AvgIpc) is 2.94. The molecule has 5 nitrogen and oxygen atoms in total. The van der Waals surface area contributed by atoms with Gasteiger partial charge in [-0.1, -0.05) is 0 Å². The fourth-order valence-electron chi connectivity index (χ4n) is 2.91. The lowest BCUT2D eigenvalue weighted by atomic mass is 10.1. The van der Waals surface area contributed by atoms with E-state index in [0.29, 0.717) is 23.7 Å². The molecule has 0 bridgehead atoms. The SMILES string of the molecule is N#Cc1ccnc(NC2CCN3CCCC23)n1. The van der Waals surface area contributed by atoms with Crippen LogP contribution in [-0.4, -0.2) is 40.0 Å². The van der Waals surface area contributed by atoms with E-state index in [2.05, 4.69) is 20.2 Å². The van der Waals surface area contributed by atoms with E-state index >= 15 is 0 Å². The summed E-state index contributed by atoms with van der Waals surface area (Å²) in [7, 11) is 0. The number of fused-ring (bicyclic) bond motifs is 1. The maximum absolute atomic E-state index is 8.80. The Kier molecular flexibility index (Phi) is 2.65. The summed E-state index contributed by atoms with van der Waals surface area (Å²) in [5, 5.41) is 12.2. The van der Waals surface area contributed by atoms with Crippen LogP contribution in [0.3, 0.4) is 0 Å². The van der Waals surface area contributed by atoms with Gasteiger partial charge in [0.1, 0.15) is 11.8 Å². The van der Waals surface area contributed by atoms with Crippen molar-refractivity contribution in [3.63, 3.8) is 0 Å². The quantitative estimate of drug-likeness (QED) is 0.819. The topological polar surface area (TPSA) is 64.8 Å². The van der Waals surface area contributed by atoms with Crippen LogP contribution in [0.15, 0.2) is 12.3 Å². The Hall–Kier alpha value is -1.67. The Bertz CT molecular complexity index is 452. The molecular formula is C12H15N5. The molecule has 5 heteroatoms. The van der Waals surface area contributed by atoms with Crippen molar-refractivity contribution in [3.8, 4) is 6.07 Å². The van der Waals surface area contributed by atoms with Gasteiger partial charge in [0.2, 0.25) is 5.95 Å². The summed E-state index contributed by atoms with van der Waals surface area (Å²) in [5.74, 6) is 0.586. The molecule has 0 aromatic carbocycles. The summed E-state index contributed by atoms with van der Waals surface area (Å²) in [6, 6.07) is 4.73. The lowest BCUT2D eigenvalue weighted by Gasteiger charge is -2.21. The second-order valence-electron chi connectivity index (χ2n) is 4.66. The Morgan fingerprint density at radius 1 is 1.41 bits per heavy atom. The van der Waals surface area contributed by atoms with Gasteiger partial charge in [0.25, 0.3) is 0 Å². The van der Waals surface area contributed by atoms with E-state index < -0.39 is 0 Å². The fourth-order valence-corrected chi connectivity index (χ4v) is 2.91. The summed E-state index contributed by atoms with van der Waals surface area (Å²) in [4.78, 5) is 10.9. The van der Waals surface area contributed by atoms with E-state index in [4.69, 9.17) is 5.26 Å². The van der Waals surface area contributed by atoms with Crippen molar-refractivity contribution in [2.24, 2.45) is 0 Å². The van der Waals surface area contributed by atoms with Crippen molar-refractivity contribution in [3.05, 3.63) is 18.0 Å². The number of aromatic nitrogens is 2. The molecule has 3 heterocycles. The highest BCUT2D eigenvalue weighted by atomic mass is 15.3. The summed E-state index contributed by atoms with van der Waals surface area (Å²) in [6.45, 7) is 2.39. The predicted molar refractivity (Wildman–Crippen MR) is 63.4 cm³/mol. The smallest absolute Gasteiger partial charge is 0.224 e. The number of hydrogen-bond donors (Lipinski definition) is 1. The number of hydrogen-bond acceptors (Lipinski definition) is 5. The van der Waals surface area contributed by atoms with Crippen LogP contribution in [0.4, 0.5) is 5.95 Å². The normalized spacial score (nSPS) is 27.7. The molecule has 3 rings (SSSR count). The highest BCUT2D eigenvalue weighted by Gasteiger charge is 2.37. The monoisotopic (exact) mass is 229 g/mol. The van der Waals surface area contributed by atoms with E-state index in [1.54, 1.807) is 12.3 Å². The van der Waals surface area contributed by atoms with Crippen molar-refractivity contribution in [2.75, 3.05) is 18.4 Å². The Morgan fingerprint density at radius 3 is 3.24 bits per heavy atom. The van der Waals surface area contributed by atoms with Gasteiger partial charge < -0.3 is 5.32 Å². The minimum absolute atomic E-state index is 0.420. The molecule has 0 aliphatic carbocycles. The molecule has 2 aliphatic heterocycles. The third-order valence-electron chi connectivity index (χ3n) is 3.69. The second kappa shape index (κ2) is 4.30.